The number of nitrogens with one attached hydrogen (secondary N) is 1. The van der Waals surface area contributed by atoms with Crippen LogP contribution in [0.5, 0.6) is 0 Å². The summed E-state index contributed by atoms with van der Waals surface area (Å²) in [4.78, 5) is 14.9. The monoisotopic (exact) mass is 455 g/mol. The molecule has 164 valence electrons. The van der Waals surface area contributed by atoms with Crippen LogP contribution in [0.25, 0.3) is 17.0 Å². The molecule has 4 aromatic rings. The van der Waals surface area contributed by atoms with E-state index in [-0.39, 0.29) is 17.8 Å². The predicted octanol–water partition coefficient (Wildman–Crippen LogP) is 5.65. The third-order valence-electron chi connectivity index (χ3n) is 5.94. The number of carbonyl (C=O) groups excluding carboxylic acids is 1. The van der Waals surface area contributed by atoms with Gasteiger partial charge >= 0.3 is 0 Å². The van der Waals surface area contributed by atoms with Crippen LogP contribution in [0.2, 0.25) is 0 Å². The van der Waals surface area contributed by atoms with Crippen LogP contribution in [0.15, 0.2) is 90.6 Å². The van der Waals surface area contributed by atoms with Gasteiger partial charge in [0, 0.05) is 23.1 Å². The van der Waals surface area contributed by atoms with E-state index in [9.17, 15) is 9.18 Å². The SMILES string of the molecule is CC(c1ccccc1)N1C(=O)C(=Cc2cc3ccccc3n2Cc2cccc(F)c2)NC1=S. The summed E-state index contributed by atoms with van der Waals surface area (Å²) in [5.41, 5.74) is 4.13. The molecule has 3 aromatic carbocycles. The largest absolute Gasteiger partial charge is 0.336 e. The maximum atomic E-state index is 13.8. The topological polar surface area (TPSA) is 37.3 Å². The predicted molar refractivity (Wildman–Crippen MR) is 133 cm³/mol. The second-order valence-electron chi connectivity index (χ2n) is 8.09. The number of fused-ring (bicyclic) bond motifs is 1. The van der Waals surface area contributed by atoms with Crippen molar-refractivity contribution in [3.8, 4) is 0 Å². The zero-order valence-electron chi connectivity index (χ0n) is 18.0. The lowest BCUT2D eigenvalue weighted by atomic mass is 10.1. The molecule has 0 bridgehead atoms. The fourth-order valence-corrected chi connectivity index (χ4v) is 4.63. The average Bonchev–Trinajstić information content (AvgIpc) is 3.30. The highest BCUT2D eigenvalue weighted by Gasteiger charge is 2.35. The van der Waals surface area contributed by atoms with E-state index in [1.807, 2.05) is 79.7 Å². The van der Waals surface area contributed by atoms with Crippen LogP contribution in [0.3, 0.4) is 0 Å². The molecule has 1 atom stereocenters. The molecular weight excluding hydrogens is 433 g/mol. The van der Waals surface area contributed by atoms with Gasteiger partial charge in [-0.05, 0) is 60.6 Å². The molecule has 1 aliphatic rings. The Kier molecular flexibility index (Phi) is 5.52. The molecule has 0 aliphatic carbocycles. The van der Waals surface area contributed by atoms with Crippen LogP contribution in [0, 0.1) is 5.82 Å². The van der Waals surface area contributed by atoms with E-state index in [1.54, 1.807) is 11.0 Å². The van der Waals surface area contributed by atoms with Crippen LogP contribution in [-0.2, 0) is 11.3 Å². The van der Waals surface area contributed by atoms with Crippen LogP contribution >= 0.6 is 12.2 Å². The van der Waals surface area contributed by atoms with Crippen molar-refractivity contribution in [2.24, 2.45) is 0 Å². The van der Waals surface area contributed by atoms with Gasteiger partial charge in [0.05, 0.1) is 6.04 Å². The number of carbonyl (C=O) groups is 1. The van der Waals surface area contributed by atoms with E-state index >= 15 is 0 Å². The normalized spacial score (nSPS) is 15.9. The van der Waals surface area contributed by atoms with Crippen molar-refractivity contribution in [1.29, 1.82) is 0 Å². The molecule has 1 unspecified atom stereocenters. The first-order chi connectivity index (χ1) is 16.0. The van der Waals surface area contributed by atoms with Crippen molar-refractivity contribution in [2.75, 3.05) is 0 Å². The second-order valence-corrected chi connectivity index (χ2v) is 8.48. The number of para-hydroxylation sites is 1. The minimum atomic E-state index is -0.271. The molecule has 0 saturated carbocycles. The van der Waals surface area contributed by atoms with Crippen LogP contribution < -0.4 is 5.32 Å². The van der Waals surface area contributed by atoms with Crippen LogP contribution in [-0.4, -0.2) is 20.5 Å². The van der Waals surface area contributed by atoms with Gasteiger partial charge in [0.15, 0.2) is 5.11 Å². The summed E-state index contributed by atoms with van der Waals surface area (Å²) in [5.74, 6) is -0.439. The maximum Gasteiger partial charge on any atom is 0.277 e. The fourth-order valence-electron chi connectivity index (χ4n) is 4.27. The molecule has 4 nitrogen and oxygen atoms in total. The van der Waals surface area contributed by atoms with Crippen molar-refractivity contribution in [2.45, 2.75) is 19.5 Å². The number of nitrogens with zero attached hydrogens (tertiary/aromatic N) is 2. The number of rotatable bonds is 5. The first kappa shape index (κ1) is 21.1. The van der Waals surface area contributed by atoms with Gasteiger partial charge in [0.25, 0.3) is 5.91 Å². The maximum absolute atomic E-state index is 13.8. The van der Waals surface area contributed by atoms with E-state index in [4.69, 9.17) is 12.2 Å². The highest BCUT2D eigenvalue weighted by Crippen LogP contribution is 2.28. The van der Waals surface area contributed by atoms with E-state index < -0.39 is 0 Å². The molecule has 1 N–H and O–H groups in total. The van der Waals surface area contributed by atoms with Crippen LogP contribution in [0.1, 0.15) is 29.8 Å². The van der Waals surface area contributed by atoms with Crippen LogP contribution in [0.4, 0.5) is 4.39 Å². The summed E-state index contributed by atoms with van der Waals surface area (Å²) < 4.78 is 15.9. The first-order valence-electron chi connectivity index (χ1n) is 10.7. The highest BCUT2D eigenvalue weighted by molar-refractivity contribution is 7.80. The number of halogens is 1. The number of thiocarbonyl (C=S) groups is 1. The number of amides is 1. The number of aromatic nitrogens is 1. The second kappa shape index (κ2) is 8.64. The molecule has 0 radical (unpaired) electrons. The lowest BCUT2D eigenvalue weighted by molar-refractivity contribution is -0.123. The Morgan fingerprint density at radius 3 is 2.55 bits per heavy atom. The summed E-state index contributed by atoms with van der Waals surface area (Å²) in [6.45, 7) is 2.44. The molecule has 5 rings (SSSR count). The van der Waals surface area contributed by atoms with Crippen molar-refractivity contribution < 1.29 is 9.18 Å². The third-order valence-corrected chi connectivity index (χ3v) is 6.24. The van der Waals surface area contributed by atoms with Gasteiger partial charge in [-0.25, -0.2) is 4.39 Å². The fraction of sp³-hybridized carbons (Fsp3) is 0.111. The molecule has 6 heteroatoms. The molecule has 33 heavy (non-hydrogen) atoms. The Bertz CT molecular complexity index is 1390. The third kappa shape index (κ3) is 4.05. The lowest BCUT2D eigenvalue weighted by Gasteiger charge is -2.23. The zero-order chi connectivity index (χ0) is 22.9. The molecule has 1 fully saturated rings. The zero-order valence-corrected chi connectivity index (χ0v) is 18.9. The van der Waals surface area contributed by atoms with Crippen molar-refractivity contribution in [3.05, 3.63) is 113 Å². The van der Waals surface area contributed by atoms with Crippen molar-refractivity contribution >= 4 is 40.2 Å². The highest BCUT2D eigenvalue weighted by atomic mass is 32.1. The summed E-state index contributed by atoms with van der Waals surface area (Å²) in [6.07, 6.45) is 1.83. The van der Waals surface area contributed by atoms with E-state index in [2.05, 4.69) is 9.88 Å². The minimum Gasteiger partial charge on any atom is -0.336 e. The standard InChI is InChI=1S/C27H22FN3OS/c1-18(20-9-3-2-4-10-20)31-26(32)24(29-27(31)33)16-23-15-21-11-5-6-13-25(21)30(23)17-19-8-7-12-22(28)14-19/h2-16,18H,17H2,1H3,(H,29,33). The number of hydrogen-bond donors (Lipinski definition) is 1. The Morgan fingerprint density at radius 2 is 1.76 bits per heavy atom. The van der Waals surface area contributed by atoms with Gasteiger partial charge in [0.1, 0.15) is 11.5 Å². The van der Waals surface area contributed by atoms with Gasteiger partial charge in [-0.1, -0.05) is 60.7 Å². The Balaban J connectivity index is 1.52. The smallest absolute Gasteiger partial charge is 0.277 e. The van der Waals surface area contributed by atoms with Crippen molar-refractivity contribution in [1.82, 2.24) is 14.8 Å². The summed E-state index contributed by atoms with van der Waals surface area (Å²) in [7, 11) is 0. The lowest BCUT2D eigenvalue weighted by Crippen LogP contribution is -2.33. The molecule has 1 aromatic heterocycles. The summed E-state index contributed by atoms with van der Waals surface area (Å²) in [6, 6.07) is 26.2. The average molecular weight is 456 g/mol. The molecule has 1 amide bonds. The molecule has 2 heterocycles. The first-order valence-corrected chi connectivity index (χ1v) is 11.2. The van der Waals surface area contributed by atoms with E-state index in [1.165, 1.54) is 12.1 Å². The number of benzene rings is 3. The van der Waals surface area contributed by atoms with Gasteiger partial charge in [-0.3, -0.25) is 9.69 Å². The van der Waals surface area contributed by atoms with Gasteiger partial charge in [-0.15, -0.1) is 0 Å². The number of hydrogen-bond acceptors (Lipinski definition) is 2. The van der Waals surface area contributed by atoms with Crippen molar-refractivity contribution in [3.63, 3.8) is 0 Å². The summed E-state index contributed by atoms with van der Waals surface area (Å²) >= 11 is 5.51. The molecule has 1 saturated heterocycles. The van der Waals surface area contributed by atoms with E-state index in [0.29, 0.717) is 17.4 Å². The Labute approximate surface area is 197 Å². The van der Waals surface area contributed by atoms with Gasteiger partial charge in [-0.2, -0.15) is 0 Å². The van der Waals surface area contributed by atoms with Gasteiger partial charge in [0.2, 0.25) is 0 Å². The van der Waals surface area contributed by atoms with Gasteiger partial charge < -0.3 is 9.88 Å². The van der Waals surface area contributed by atoms with E-state index in [0.717, 1.165) is 27.7 Å². The molecular formula is C27H22FN3OS. The quantitative estimate of drug-likeness (QED) is 0.312. The molecule has 0 spiro atoms. The summed E-state index contributed by atoms with van der Waals surface area (Å²) in [5, 5.41) is 4.52. The minimum absolute atomic E-state index is 0.168. The molecule has 1 aliphatic heterocycles. The Hall–Kier alpha value is -3.77. The Morgan fingerprint density at radius 1 is 1.00 bits per heavy atom.